The first-order valence-corrected chi connectivity index (χ1v) is 7.58. The average molecular weight is 272 g/mol. The Balaban J connectivity index is 1.94. The van der Waals surface area contributed by atoms with Gasteiger partial charge in [-0.25, -0.2) is 0 Å². The highest BCUT2D eigenvalue weighted by Crippen LogP contribution is 2.25. The first-order chi connectivity index (χ1) is 9.69. The van der Waals surface area contributed by atoms with Crippen molar-refractivity contribution in [1.29, 1.82) is 0 Å². The third-order valence-electron chi connectivity index (χ3n) is 3.60. The molecule has 0 radical (unpaired) electrons. The molecule has 0 aliphatic heterocycles. The van der Waals surface area contributed by atoms with E-state index in [4.69, 9.17) is 4.74 Å². The Labute approximate surface area is 121 Å². The van der Waals surface area contributed by atoms with E-state index < -0.39 is 0 Å². The van der Waals surface area contributed by atoms with E-state index in [0.29, 0.717) is 5.75 Å². The van der Waals surface area contributed by atoms with Crippen molar-refractivity contribution < 1.29 is 9.84 Å². The zero-order valence-corrected chi connectivity index (χ0v) is 12.4. The Bertz CT molecular complexity index is 548. The van der Waals surface area contributed by atoms with Crippen LogP contribution in [0.5, 0.6) is 11.5 Å². The van der Waals surface area contributed by atoms with Gasteiger partial charge in [0.1, 0.15) is 11.5 Å². The number of unbranched alkanes of at least 4 members (excludes halogenated alkanes) is 3. The Hall–Kier alpha value is -1.70. The molecule has 0 amide bonds. The fraction of sp³-hybridized carbons (Fsp3) is 0.444. The molecule has 0 heterocycles. The van der Waals surface area contributed by atoms with E-state index in [1.54, 1.807) is 12.1 Å². The summed E-state index contributed by atoms with van der Waals surface area (Å²) in [6, 6.07) is 11.4. The zero-order valence-electron chi connectivity index (χ0n) is 12.4. The van der Waals surface area contributed by atoms with E-state index in [1.807, 2.05) is 24.3 Å². The molecule has 20 heavy (non-hydrogen) atoms. The molecule has 0 spiro atoms. The van der Waals surface area contributed by atoms with E-state index in [-0.39, 0.29) is 6.10 Å². The molecule has 0 bridgehead atoms. The number of benzene rings is 2. The van der Waals surface area contributed by atoms with Gasteiger partial charge < -0.3 is 9.84 Å². The van der Waals surface area contributed by atoms with Crippen LogP contribution in [0.4, 0.5) is 0 Å². The lowest BCUT2D eigenvalue weighted by atomic mass is 10.1. The quantitative estimate of drug-likeness (QED) is 0.694. The fourth-order valence-corrected chi connectivity index (χ4v) is 2.43. The molecule has 0 aliphatic carbocycles. The molecule has 0 saturated heterocycles. The number of aromatic hydroxyl groups is 1. The van der Waals surface area contributed by atoms with Gasteiger partial charge in [-0.15, -0.1) is 0 Å². The smallest absolute Gasteiger partial charge is 0.120 e. The van der Waals surface area contributed by atoms with Gasteiger partial charge in [0.25, 0.3) is 0 Å². The van der Waals surface area contributed by atoms with Crippen LogP contribution in [0.2, 0.25) is 0 Å². The predicted octanol–water partition coefficient (Wildman–Crippen LogP) is 5.28. The maximum atomic E-state index is 9.45. The molecule has 0 saturated carbocycles. The van der Waals surface area contributed by atoms with Crippen LogP contribution < -0.4 is 4.74 Å². The summed E-state index contributed by atoms with van der Waals surface area (Å²) in [6.45, 7) is 4.36. The highest BCUT2D eigenvalue weighted by atomic mass is 16.5. The minimum atomic E-state index is 0.251. The fourth-order valence-electron chi connectivity index (χ4n) is 2.43. The molecule has 2 aromatic rings. The summed E-state index contributed by atoms with van der Waals surface area (Å²) in [7, 11) is 0. The zero-order chi connectivity index (χ0) is 14.4. The molecule has 0 fully saturated rings. The molecular formula is C18H24O2. The molecule has 2 aromatic carbocycles. The van der Waals surface area contributed by atoms with Crippen molar-refractivity contribution in [3.63, 3.8) is 0 Å². The topological polar surface area (TPSA) is 29.5 Å². The van der Waals surface area contributed by atoms with Gasteiger partial charge in [0.2, 0.25) is 0 Å². The Kier molecular flexibility index (Phi) is 5.28. The summed E-state index contributed by atoms with van der Waals surface area (Å²) >= 11 is 0. The largest absolute Gasteiger partial charge is 0.508 e. The summed E-state index contributed by atoms with van der Waals surface area (Å²) in [5.74, 6) is 1.21. The van der Waals surface area contributed by atoms with E-state index in [2.05, 4.69) is 13.8 Å². The lowest BCUT2D eigenvalue weighted by Crippen LogP contribution is -2.11. The molecular weight excluding hydrogens is 248 g/mol. The lowest BCUT2D eigenvalue weighted by molar-refractivity contribution is 0.206. The third kappa shape index (κ3) is 4.16. The van der Waals surface area contributed by atoms with E-state index in [0.717, 1.165) is 22.9 Å². The van der Waals surface area contributed by atoms with Crippen molar-refractivity contribution in [2.45, 2.75) is 52.1 Å². The summed E-state index contributed by atoms with van der Waals surface area (Å²) in [4.78, 5) is 0. The molecule has 1 atom stereocenters. The van der Waals surface area contributed by atoms with Gasteiger partial charge >= 0.3 is 0 Å². The predicted molar refractivity (Wildman–Crippen MR) is 84.5 cm³/mol. The van der Waals surface area contributed by atoms with Crippen molar-refractivity contribution in [3.8, 4) is 11.5 Å². The third-order valence-corrected chi connectivity index (χ3v) is 3.60. The van der Waals surface area contributed by atoms with E-state index in [9.17, 15) is 5.11 Å². The van der Waals surface area contributed by atoms with E-state index in [1.165, 1.54) is 25.7 Å². The van der Waals surface area contributed by atoms with Crippen LogP contribution in [0.25, 0.3) is 10.8 Å². The van der Waals surface area contributed by atoms with Gasteiger partial charge in [0.05, 0.1) is 6.10 Å². The van der Waals surface area contributed by atoms with Crippen molar-refractivity contribution in [1.82, 2.24) is 0 Å². The maximum absolute atomic E-state index is 9.45. The van der Waals surface area contributed by atoms with Gasteiger partial charge in [0, 0.05) is 0 Å². The molecule has 0 unspecified atom stereocenters. The number of hydrogen-bond acceptors (Lipinski definition) is 2. The van der Waals surface area contributed by atoms with Crippen molar-refractivity contribution in [2.75, 3.05) is 0 Å². The van der Waals surface area contributed by atoms with Crippen LogP contribution in [0.1, 0.15) is 46.0 Å². The monoisotopic (exact) mass is 272 g/mol. The highest BCUT2D eigenvalue weighted by molar-refractivity contribution is 5.85. The summed E-state index contributed by atoms with van der Waals surface area (Å²) < 4.78 is 5.97. The second-order valence-electron chi connectivity index (χ2n) is 5.47. The minimum Gasteiger partial charge on any atom is -0.508 e. The first kappa shape index (κ1) is 14.7. The van der Waals surface area contributed by atoms with Crippen molar-refractivity contribution in [2.24, 2.45) is 0 Å². The second-order valence-corrected chi connectivity index (χ2v) is 5.47. The maximum Gasteiger partial charge on any atom is 0.120 e. The van der Waals surface area contributed by atoms with E-state index >= 15 is 0 Å². The Morgan fingerprint density at radius 3 is 2.55 bits per heavy atom. The van der Waals surface area contributed by atoms with Gasteiger partial charge in [-0.3, -0.25) is 0 Å². The second kappa shape index (κ2) is 7.18. The number of rotatable bonds is 7. The first-order valence-electron chi connectivity index (χ1n) is 7.58. The van der Waals surface area contributed by atoms with Crippen LogP contribution in [0.15, 0.2) is 36.4 Å². The van der Waals surface area contributed by atoms with Crippen LogP contribution in [-0.2, 0) is 0 Å². The number of phenolic OH excluding ortho intramolecular Hbond substituents is 1. The van der Waals surface area contributed by atoms with Crippen LogP contribution in [0, 0.1) is 0 Å². The van der Waals surface area contributed by atoms with Crippen LogP contribution in [0.3, 0.4) is 0 Å². The molecule has 2 heteroatoms. The van der Waals surface area contributed by atoms with Crippen molar-refractivity contribution >= 4 is 10.8 Å². The molecule has 0 aliphatic rings. The number of hydrogen-bond donors (Lipinski definition) is 1. The number of ether oxygens (including phenoxy) is 1. The molecule has 2 nitrogen and oxygen atoms in total. The number of fused-ring (bicyclic) bond motifs is 1. The molecule has 0 aromatic heterocycles. The summed E-state index contributed by atoms with van der Waals surface area (Å²) in [6.07, 6.45) is 6.46. The van der Waals surface area contributed by atoms with Gasteiger partial charge in [-0.05, 0) is 54.8 Å². The van der Waals surface area contributed by atoms with Crippen LogP contribution >= 0.6 is 0 Å². The summed E-state index contributed by atoms with van der Waals surface area (Å²) in [5.41, 5.74) is 0. The van der Waals surface area contributed by atoms with Gasteiger partial charge in [0.15, 0.2) is 0 Å². The normalized spacial score (nSPS) is 12.5. The lowest BCUT2D eigenvalue weighted by Gasteiger charge is -2.15. The SMILES string of the molecule is CCCCCC[C@@H](C)Oc1ccc2cc(O)ccc2c1. The van der Waals surface area contributed by atoms with Gasteiger partial charge in [-0.1, -0.05) is 38.3 Å². The average Bonchev–Trinajstić information content (AvgIpc) is 2.44. The Morgan fingerprint density at radius 1 is 1.00 bits per heavy atom. The molecule has 1 N–H and O–H groups in total. The molecule has 2 rings (SSSR count). The van der Waals surface area contributed by atoms with Gasteiger partial charge in [-0.2, -0.15) is 0 Å². The van der Waals surface area contributed by atoms with Crippen LogP contribution in [-0.4, -0.2) is 11.2 Å². The Morgan fingerprint density at radius 2 is 1.75 bits per heavy atom. The highest BCUT2D eigenvalue weighted by Gasteiger charge is 2.05. The molecule has 108 valence electrons. The standard InChI is InChI=1S/C18H24O2/c1-3-4-5-6-7-14(2)20-18-11-9-15-12-17(19)10-8-16(15)13-18/h8-14,19H,3-7H2,1-2H3/t14-/m1/s1. The number of phenols is 1. The minimum absolute atomic E-state index is 0.251. The summed E-state index contributed by atoms with van der Waals surface area (Å²) in [5, 5.41) is 11.6. The van der Waals surface area contributed by atoms with Crippen molar-refractivity contribution in [3.05, 3.63) is 36.4 Å².